The molecule has 0 saturated carbocycles. The van der Waals surface area contributed by atoms with Crippen molar-refractivity contribution in [3.63, 3.8) is 0 Å². The lowest BCUT2D eigenvalue weighted by molar-refractivity contribution is -0.128. The number of rotatable bonds is 9. The first-order valence-electron chi connectivity index (χ1n) is 10.4. The number of nitrogens with zero attached hydrogens (tertiary/aromatic N) is 1. The van der Waals surface area contributed by atoms with Crippen molar-refractivity contribution in [2.45, 2.75) is 33.1 Å². The molecule has 2 aromatic carbocycles. The minimum absolute atomic E-state index is 0.0810. The molecule has 0 aliphatic heterocycles. The third kappa shape index (κ3) is 8.76. The molecule has 2 aromatic rings. The molecular formula is C24H31N3O3S. The van der Waals surface area contributed by atoms with E-state index in [0.29, 0.717) is 30.9 Å². The minimum Gasteiger partial charge on any atom is -0.494 e. The molecule has 166 valence electrons. The third-order valence-electron chi connectivity index (χ3n) is 4.62. The SMILES string of the molecule is CC(C)CCOc1ccc(C(=O)NC(=S)Nc2cccc(CCC(=O)N(C)C)c2)cc1. The molecule has 0 aromatic heterocycles. The van der Waals surface area contributed by atoms with Gasteiger partial charge in [0.15, 0.2) is 5.11 Å². The summed E-state index contributed by atoms with van der Waals surface area (Å²) in [4.78, 5) is 25.8. The summed E-state index contributed by atoms with van der Waals surface area (Å²) in [5.41, 5.74) is 2.27. The number of amides is 2. The normalized spacial score (nSPS) is 10.5. The average molecular weight is 442 g/mol. The third-order valence-corrected chi connectivity index (χ3v) is 4.82. The second kappa shape index (κ2) is 12.1. The van der Waals surface area contributed by atoms with Crippen LogP contribution in [-0.2, 0) is 11.2 Å². The molecule has 31 heavy (non-hydrogen) atoms. The number of aryl methyl sites for hydroxylation is 1. The van der Waals surface area contributed by atoms with Crippen molar-refractivity contribution in [2.24, 2.45) is 5.92 Å². The average Bonchev–Trinajstić information content (AvgIpc) is 2.72. The first kappa shape index (κ1) is 24.3. The second-order valence-corrected chi connectivity index (χ2v) is 8.36. The Balaban J connectivity index is 1.86. The maximum Gasteiger partial charge on any atom is 0.257 e. The summed E-state index contributed by atoms with van der Waals surface area (Å²) in [7, 11) is 3.49. The summed E-state index contributed by atoms with van der Waals surface area (Å²) in [6.45, 7) is 4.95. The van der Waals surface area contributed by atoms with Crippen LogP contribution in [0, 0.1) is 5.92 Å². The number of carbonyl (C=O) groups is 2. The predicted octanol–water partition coefficient (Wildman–Crippen LogP) is 4.26. The first-order chi connectivity index (χ1) is 14.7. The van der Waals surface area contributed by atoms with Crippen LogP contribution < -0.4 is 15.4 Å². The van der Waals surface area contributed by atoms with Gasteiger partial charge in [0.1, 0.15) is 5.75 Å². The first-order valence-corrected chi connectivity index (χ1v) is 10.8. The zero-order chi connectivity index (χ0) is 22.8. The van der Waals surface area contributed by atoms with Gasteiger partial charge in [-0.1, -0.05) is 26.0 Å². The highest BCUT2D eigenvalue weighted by Gasteiger charge is 2.09. The van der Waals surface area contributed by atoms with Crippen LogP contribution >= 0.6 is 12.2 Å². The Morgan fingerprint density at radius 3 is 2.45 bits per heavy atom. The van der Waals surface area contributed by atoms with Gasteiger partial charge in [-0.15, -0.1) is 0 Å². The van der Waals surface area contributed by atoms with Gasteiger partial charge < -0.3 is 15.0 Å². The Morgan fingerprint density at radius 1 is 1.10 bits per heavy atom. The van der Waals surface area contributed by atoms with Crippen LogP contribution in [0.1, 0.15) is 42.6 Å². The number of anilines is 1. The standard InChI is InChI=1S/C24H31N3O3S/c1-17(2)14-15-30-21-11-9-19(10-12-21)23(29)26-24(31)25-20-7-5-6-18(16-20)8-13-22(28)27(3)4/h5-7,9-12,16-17H,8,13-15H2,1-4H3,(H2,25,26,29,31). The Bertz CT molecular complexity index is 895. The highest BCUT2D eigenvalue weighted by molar-refractivity contribution is 7.80. The molecular weight excluding hydrogens is 410 g/mol. The van der Waals surface area contributed by atoms with Gasteiger partial charge in [0.25, 0.3) is 5.91 Å². The fourth-order valence-corrected chi connectivity index (χ4v) is 2.94. The lowest BCUT2D eigenvalue weighted by Gasteiger charge is -2.12. The topological polar surface area (TPSA) is 70.7 Å². The van der Waals surface area contributed by atoms with E-state index in [1.54, 1.807) is 43.3 Å². The van der Waals surface area contributed by atoms with Crippen LogP contribution in [0.3, 0.4) is 0 Å². The number of hydrogen-bond donors (Lipinski definition) is 2. The van der Waals surface area contributed by atoms with Crippen LogP contribution in [0.15, 0.2) is 48.5 Å². The fourth-order valence-electron chi connectivity index (χ4n) is 2.73. The van der Waals surface area contributed by atoms with Gasteiger partial charge in [-0.05, 0) is 72.9 Å². The van der Waals surface area contributed by atoms with Gasteiger partial charge >= 0.3 is 0 Å². The number of hydrogen-bond acceptors (Lipinski definition) is 4. The molecule has 0 radical (unpaired) electrons. The molecule has 2 amide bonds. The molecule has 0 heterocycles. The van der Waals surface area contributed by atoms with E-state index in [2.05, 4.69) is 24.5 Å². The molecule has 0 aliphatic carbocycles. The lowest BCUT2D eigenvalue weighted by atomic mass is 10.1. The summed E-state index contributed by atoms with van der Waals surface area (Å²) in [5.74, 6) is 1.11. The molecule has 0 aliphatic rings. The van der Waals surface area contributed by atoms with E-state index >= 15 is 0 Å². The molecule has 2 N–H and O–H groups in total. The monoisotopic (exact) mass is 441 g/mol. The minimum atomic E-state index is -0.293. The summed E-state index contributed by atoms with van der Waals surface area (Å²) in [6.07, 6.45) is 2.06. The fraction of sp³-hybridized carbons (Fsp3) is 0.375. The van der Waals surface area contributed by atoms with Crippen molar-refractivity contribution in [3.8, 4) is 5.75 Å². The van der Waals surface area contributed by atoms with Crippen molar-refractivity contribution in [1.29, 1.82) is 0 Å². The summed E-state index contributed by atoms with van der Waals surface area (Å²) < 4.78 is 5.68. The number of benzene rings is 2. The highest BCUT2D eigenvalue weighted by atomic mass is 32.1. The van der Waals surface area contributed by atoms with Crippen molar-refractivity contribution in [2.75, 3.05) is 26.0 Å². The van der Waals surface area contributed by atoms with Gasteiger partial charge in [0, 0.05) is 31.8 Å². The second-order valence-electron chi connectivity index (χ2n) is 7.95. The Morgan fingerprint density at radius 2 is 1.81 bits per heavy atom. The maximum atomic E-state index is 12.4. The van der Waals surface area contributed by atoms with Crippen molar-refractivity contribution in [3.05, 3.63) is 59.7 Å². The van der Waals surface area contributed by atoms with Crippen LogP contribution in [0.2, 0.25) is 0 Å². The van der Waals surface area contributed by atoms with E-state index in [-0.39, 0.29) is 16.9 Å². The molecule has 6 nitrogen and oxygen atoms in total. The predicted molar refractivity (Wildman–Crippen MR) is 129 cm³/mol. The van der Waals surface area contributed by atoms with E-state index in [4.69, 9.17) is 17.0 Å². The molecule has 0 unspecified atom stereocenters. The van der Waals surface area contributed by atoms with Crippen molar-refractivity contribution >= 4 is 34.8 Å². The number of thiocarbonyl (C=S) groups is 1. The zero-order valence-electron chi connectivity index (χ0n) is 18.6. The van der Waals surface area contributed by atoms with Gasteiger partial charge in [-0.3, -0.25) is 14.9 Å². The van der Waals surface area contributed by atoms with Gasteiger partial charge in [0.05, 0.1) is 6.61 Å². The summed E-state index contributed by atoms with van der Waals surface area (Å²) in [6, 6.07) is 14.6. The molecule has 7 heteroatoms. The van der Waals surface area contributed by atoms with Gasteiger partial charge in [0.2, 0.25) is 5.91 Å². The van der Waals surface area contributed by atoms with Gasteiger partial charge in [-0.25, -0.2) is 0 Å². The Hall–Kier alpha value is -2.93. The number of nitrogens with one attached hydrogen (secondary N) is 2. The van der Waals surface area contributed by atoms with E-state index in [1.165, 1.54) is 0 Å². The van der Waals surface area contributed by atoms with Crippen molar-refractivity contribution in [1.82, 2.24) is 10.2 Å². The Labute approximate surface area is 190 Å². The zero-order valence-corrected chi connectivity index (χ0v) is 19.4. The number of ether oxygens (including phenoxy) is 1. The molecule has 0 saturated heterocycles. The molecule has 0 bridgehead atoms. The quantitative estimate of drug-likeness (QED) is 0.569. The Kier molecular flexibility index (Phi) is 9.46. The van der Waals surface area contributed by atoms with E-state index in [0.717, 1.165) is 23.4 Å². The van der Waals surface area contributed by atoms with E-state index < -0.39 is 0 Å². The van der Waals surface area contributed by atoms with E-state index in [9.17, 15) is 9.59 Å². The molecule has 0 fully saturated rings. The van der Waals surface area contributed by atoms with Crippen LogP contribution in [0.4, 0.5) is 5.69 Å². The van der Waals surface area contributed by atoms with Crippen LogP contribution in [0.5, 0.6) is 5.75 Å². The lowest BCUT2D eigenvalue weighted by Crippen LogP contribution is -2.34. The van der Waals surface area contributed by atoms with Gasteiger partial charge in [-0.2, -0.15) is 0 Å². The summed E-state index contributed by atoms with van der Waals surface area (Å²) >= 11 is 5.27. The van der Waals surface area contributed by atoms with Crippen LogP contribution in [-0.4, -0.2) is 42.5 Å². The number of carbonyl (C=O) groups excluding carboxylic acids is 2. The van der Waals surface area contributed by atoms with Crippen molar-refractivity contribution < 1.29 is 14.3 Å². The van der Waals surface area contributed by atoms with Crippen LogP contribution in [0.25, 0.3) is 0 Å². The maximum absolute atomic E-state index is 12.4. The summed E-state index contributed by atoms with van der Waals surface area (Å²) in [5, 5.41) is 5.92. The largest absolute Gasteiger partial charge is 0.494 e. The highest BCUT2D eigenvalue weighted by Crippen LogP contribution is 2.15. The smallest absolute Gasteiger partial charge is 0.257 e. The molecule has 0 spiro atoms. The molecule has 2 rings (SSSR count). The van der Waals surface area contributed by atoms with E-state index in [1.807, 2.05) is 24.3 Å². The molecule has 0 atom stereocenters.